The topological polar surface area (TPSA) is 130 Å². The lowest BCUT2D eigenvalue weighted by atomic mass is 10.1. The van der Waals surface area contributed by atoms with Crippen LogP contribution in [0, 0.1) is 0 Å². The molecule has 3 N–H and O–H groups in total. The van der Waals surface area contributed by atoms with Crippen LogP contribution < -0.4 is 9.47 Å². The summed E-state index contributed by atoms with van der Waals surface area (Å²) in [4.78, 5) is 11.1. The number of benzene rings is 2. The number of aromatic carboxylic acids is 1. The van der Waals surface area contributed by atoms with E-state index < -0.39 is 21.6 Å². The molecule has 182 valence electrons. The summed E-state index contributed by atoms with van der Waals surface area (Å²) in [6, 6.07) is 10.2. The van der Waals surface area contributed by atoms with Crippen molar-refractivity contribution in [1.29, 1.82) is 0 Å². The van der Waals surface area contributed by atoms with E-state index >= 15 is 0 Å². The molecule has 2 aromatic rings. The summed E-state index contributed by atoms with van der Waals surface area (Å²) in [6.07, 6.45) is 6.34. The van der Waals surface area contributed by atoms with E-state index in [1.165, 1.54) is 30.3 Å². The summed E-state index contributed by atoms with van der Waals surface area (Å²) >= 11 is 0. The number of rotatable bonds is 16. The average molecular weight is 481 g/mol. The number of carbonyl (C=O) groups is 1. The Labute approximate surface area is 194 Å². The van der Waals surface area contributed by atoms with Crippen LogP contribution in [-0.2, 0) is 9.84 Å². The monoisotopic (exact) mass is 480 g/mol. The molecule has 2 aromatic carbocycles. The molecule has 0 saturated carbocycles. The standard InChI is InChI=1S/C24H32O8S/c25-14-5-3-1-2-4-6-15-31-19-8-11-21(12-9-19)33(29,30)17-7-16-32-20-10-13-22(24(27)28)23(26)18-20/h8-13,18,25-26H,1-7,14-17H2,(H,27,28). The minimum absolute atomic E-state index is 0.103. The molecule has 0 saturated heterocycles. The summed E-state index contributed by atoms with van der Waals surface area (Å²) in [5.74, 6) is -0.869. The largest absolute Gasteiger partial charge is 0.507 e. The Morgan fingerprint density at radius 1 is 0.788 bits per heavy atom. The number of aliphatic hydroxyl groups excluding tert-OH is 1. The number of carboxylic acid groups (broad SMARTS) is 1. The maximum Gasteiger partial charge on any atom is 0.339 e. The molecule has 0 atom stereocenters. The number of aromatic hydroxyl groups is 1. The van der Waals surface area contributed by atoms with E-state index in [0.29, 0.717) is 12.4 Å². The molecule has 0 amide bonds. The lowest BCUT2D eigenvalue weighted by Crippen LogP contribution is -2.10. The number of phenols is 1. The molecule has 0 heterocycles. The average Bonchev–Trinajstić information content (AvgIpc) is 2.78. The fourth-order valence-electron chi connectivity index (χ4n) is 3.19. The van der Waals surface area contributed by atoms with Crippen LogP contribution in [0.4, 0.5) is 0 Å². The number of carboxylic acids is 1. The molecule has 0 aliphatic carbocycles. The first-order valence-corrected chi connectivity index (χ1v) is 12.7. The molecule has 0 aliphatic heterocycles. The molecule has 9 heteroatoms. The van der Waals surface area contributed by atoms with Crippen molar-refractivity contribution in [3.05, 3.63) is 48.0 Å². The van der Waals surface area contributed by atoms with Gasteiger partial charge in [0.1, 0.15) is 22.8 Å². The van der Waals surface area contributed by atoms with Gasteiger partial charge in [0.25, 0.3) is 0 Å². The Kier molecular flexibility index (Phi) is 11.0. The van der Waals surface area contributed by atoms with Crippen molar-refractivity contribution in [3.8, 4) is 17.2 Å². The van der Waals surface area contributed by atoms with Gasteiger partial charge in [0, 0.05) is 12.7 Å². The van der Waals surface area contributed by atoms with E-state index in [1.807, 2.05) is 0 Å². The van der Waals surface area contributed by atoms with Gasteiger partial charge in [-0.2, -0.15) is 0 Å². The fourth-order valence-corrected chi connectivity index (χ4v) is 4.48. The first kappa shape index (κ1) is 26.5. The van der Waals surface area contributed by atoms with Crippen LogP contribution in [0.25, 0.3) is 0 Å². The van der Waals surface area contributed by atoms with Gasteiger partial charge in [-0.05, 0) is 55.7 Å². The predicted octanol–water partition coefficient (Wildman–Crippen LogP) is 4.04. The van der Waals surface area contributed by atoms with Crippen LogP contribution in [0.15, 0.2) is 47.4 Å². The van der Waals surface area contributed by atoms with Crippen LogP contribution in [0.5, 0.6) is 17.2 Å². The van der Waals surface area contributed by atoms with Gasteiger partial charge in [0.05, 0.1) is 23.9 Å². The third-order valence-electron chi connectivity index (χ3n) is 5.03. The normalized spacial score (nSPS) is 11.3. The van der Waals surface area contributed by atoms with Crippen molar-refractivity contribution < 1.29 is 38.0 Å². The molecule has 33 heavy (non-hydrogen) atoms. The van der Waals surface area contributed by atoms with Crippen molar-refractivity contribution >= 4 is 15.8 Å². The number of unbranched alkanes of at least 4 members (excludes halogenated alkanes) is 5. The van der Waals surface area contributed by atoms with Crippen LogP contribution in [0.1, 0.15) is 55.3 Å². The predicted molar refractivity (Wildman–Crippen MR) is 124 cm³/mol. The second kappa shape index (κ2) is 13.7. The Bertz CT molecular complexity index is 970. The molecule has 0 fully saturated rings. The summed E-state index contributed by atoms with van der Waals surface area (Å²) in [5, 5.41) is 27.3. The highest BCUT2D eigenvalue weighted by atomic mass is 32.2. The SMILES string of the molecule is O=C(O)c1ccc(OCCCS(=O)(=O)c2ccc(OCCCCCCCCO)cc2)cc1O. The first-order chi connectivity index (χ1) is 15.8. The number of aliphatic hydroxyl groups is 1. The van der Waals surface area contributed by atoms with Crippen molar-refractivity contribution in [2.45, 2.75) is 49.8 Å². The molecular formula is C24H32O8S. The van der Waals surface area contributed by atoms with Gasteiger partial charge >= 0.3 is 5.97 Å². The summed E-state index contributed by atoms with van der Waals surface area (Å²) in [7, 11) is -3.48. The summed E-state index contributed by atoms with van der Waals surface area (Å²) < 4.78 is 36.1. The lowest BCUT2D eigenvalue weighted by molar-refractivity contribution is 0.0693. The Balaban J connectivity index is 1.71. The molecule has 0 aliphatic rings. The molecule has 0 unspecified atom stereocenters. The quantitative estimate of drug-likeness (QED) is 0.307. The third kappa shape index (κ3) is 9.31. The van der Waals surface area contributed by atoms with Crippen LogP contribution >= 0.6 is 0 Å². The van der Waals surface area contributed by atoms with Crippen molar-refractivity contribution in [3.63, 3.8) is 0 Å². The fraction of sp³-hybridized carbons (Fsp3) is 0.458. The number of hydrogen-bond donors (Lipinski definition) is 3. The van der Waals surface area contributed by atoms with E-state index in [-0.39, 0.29) is 41.6 Å². The van der Waals surface area contributed by atoms with E-state index in [2.05, 4.69) is 0 Å². The zero-order valence-electron chi connectivity index (χ0n) is 18.6. The van der Waals surface area contributed by atoms with Crippen LogP contribution in [0.2, 0.25) is 0 Å². The molecule has 2 rings (SSSR count). The van der Waals surface area contributed by atoms with Gasteiger partial charge in [-0.25, -0.2) is 13.2 Å². The smallest absolute Gasteiger partial charge is 0.339 e. The van der Waals surface area contributed by atoms with Gasteiger partial charge in [-0.1, -0.05) is 25.7 Å². The zero-order valence-corrected chi connectivity index (χ0v) is 19.4. The highest BCUT2D eigenvalue weighted by Gasteiger charge is 2.15. The molecule has 0 aromatic heterocycles. The third-order valence-corrected chi connectivity index (χ3v) is 6.85. The van der Waals surface area contributed by atoms with E-state index in [9.17, 15) is 18.3 Å². The zero-order chi connectivity index (χ0) is 24.1. The van der Waals surface area contributed by atoms with Gasteiger partial charge in [-0.15, -0.1) is 0 Å². The molecule has 0 radical (unpaired) electrons. The van der Waals surface area contributed by atoms with Gasteiger partial charge in [-0.3, -0.25) is 0 Å². The number of hydrogen-bond acceptors (Lipinski definition) is 7. The summed E-state index contributed by atoms with van der Waals surface area (Å²) in [6.45, 7) is 0.928. The Morgan fingerprint density at radius 2 is 1.36 bits per heavy atom. The summed E-state index contributed by atoms with van der Waals surface area (Å²) in [5.41, 5.74) is -0.230. The number of sulfone groups is 1. The highest BCUT2D eigenvalue weighted by molar-refractivity contribution is 7.91. The maximum absolute atomic E-state index is 12.5. The number of ether oxygens (including phenoxy) is 2. The minimum atomic E-state index is -3.48. The Morgan fingerprint density at radius 3 is 2.00 bits per heavy atom. The van der Waals surface area contributed by atoms with Crippen molar-refractivity contribution in [1.82, 2.24) is 0 Å². The highest BCUT2D eigenvalue weighted by Crippen LogP contribution is 2.24. The van der Waals surface area contributed by atoms with Gasteiger partial charge in [0.2, 0.25) is 0 Å². The van der Waals surface area contributed by atoms with E-state index in [1.54, 1.807) is 12.1 Å². The molecule has 0 spiro atoms. The molecule has 8 nitrogen and oxygen atoms in total. The lowest BCUT2D eigenvalue weighted by Gasteiger charge is -2.09. The second-order valence-corrected chi connectivity index (χ2v) is 9.78. The maximum atomic E-state index is 12.5. The van der Waals surface area contributed by atoms with E-state index in [0.717, 1.165) is 38.5 Å². The first-order valence-electron chi connectivity index (χ1n) is 11.1. The molecular weight excluding hydrogens is 448 g/mol. The van der Waals surface area contributed by atoms with Crippen molar-refractivity contribution in [2.24, 2.45) is 0 Å². The van der Waals surface area contributed by atoms with Crippen molar-refractivity contribution in [2.75, 3.05) is 25.6 Å². The minimum Gasteiger partial charge on any atom is -0.507 e. The van der Waals surface area contributed by atoms with Crippen LogP contribution in [-0.4, -0.2) is 55.3 Å². The second-order valence-electron chi connectivity index (χ2n) is 7.67. The van der Waals surface area contributed by atoms with Gasteiger partial charge < -0.3 is 24.8 Å². The molecule has 0 bridgehead atoms. The van der Waals surface area contributed by atoms with E-state index in [4.69, 9.17) is 19.7 Å². The van der Waals surface area contributed by atoms with Crippen LogP contribution in [0.3, 0.4) is 0 Å². The van der Waals surface area contributed by atoms with Gasteiger partial charge in [0.15, 0.2) is 9.84 Å². The Hall–Kier alpha value is -2.78.